The van der Waals surface area contributed by atoms with Crippen molar-refractivity contribution in [3.8, 4) is 16.9 Å². The normalized spacial score (nSPS) is 16.6. The zero-order valence-corrected chi connectivity index (χ0v) is 15.6. The summed E-state index contributed by atoms with van der Waals surface area (Å²) in [5.74, 6) is 0.749. The lowest BCUT2D eigenvalue weighted by Crippen LogP contribution is -2.42. The largest absolute Gasteiger partial charge is 0.490 e. The zero-order chi connectivity index (χ0) is 19.7. The van der Waals surface area contributed by atoms with E-state index in [4.69, 9.17) is 4.74 Å². The third-order valence-corrected chi connectivity index (χ3v) is 5.23. The molecule has 1 aliphatic heterocycles. The number of hydrogen-bond acceptors (Lipinski definition) is 3. The molecule has 0 atom stereocenters. The quantitative estimate of drug-likeness (QED) is 0.647. The molecular weight excluding hydrogens is 367 g/mol. The van der Waals surface area contributed by atoms with Gasteiger partial charge in [-0.1, -0.05) is 12.1 Å². The van der Waals surface area contributed by atoms with E-state index in [1.165, 1.54) is 4.90 Å². The van der Waals surface area contributed by atoms with Gasteiger partial charge in [-0.15, -0.1) is 0 Å². The van der Waals surface area contributed by atoms with Crippen molar-refractivity contribution in [3.63, 3.8) is 0 Å². The minimum Gasteiger partial charge on any atom is -0.490 e. The Hall–Kier alpha value is -2.54. The molecule has 1 aliphatic rings. The minimum absolute atomic E-state index is 0.0423. The first-order valence-electron chi connectivity index (χ1n) is 9.38. The summed E-state index contributed by atoms with van der Waals surface area (Å²) in [6, 6.07) is 11.9. The molecular formula is C21H22F3N3O. The van der Waals surface area contributed by atoms with Crippen LogP contribution in [0.2, 0.25) is 0 Å². The van der Waals surface area contributed by atoms with Crippen LogP contribution in [0.4, 0.5) is 13.2 Å². The number of pyridine rings is 1. The van der Waals surface area contributed by atoms with Crippen LogP contribution in [-0.2, 0) is 0 Å². The Kier molecular flexibility index (Phi) is 5.02. The van der Waals surface area contributed by atoms with Crippen LogP contribution in [-0.4, -0.2) is 46.2 Å². The summed E-state index contributed by atoms with van der Waals surface area (Å²) >= 11 is 0. The topological polar surface area (TPSA) is 29.8 Å². The molecule has 28 heavy (non-hydrogen) atoms. The first-order chi connectivity index (χ1) is 13.4. The zero-order valence-electron chi connectivity index (χ0n) is 15.6. The Morgan fingerprint density at radius 1 is 1.07 bits per heavy atom. The summed E-state index contributed by atoms with van der Waals surface area (Å²) in [6.07, 6.45) is 0.753. The molecule has 0 bridgehead atoms. The molecule has 148 valence electrons. The number of piperidine rings is 1. The van der Waals surface area contributed by atoms with E-state index in [2.05, 4.69) is 22.4 Å². The molecule has 4 rings (SSSR count). The number of likely N-dealkylation sites (tertiary alicyclic amines) is 1. The van der Waals surface area contributed by atoms with Gasteiger partial charge >= 0.3 is 6.18 Å². The predicted octanol–water partition coefficient (Wildman–Crippen LogP) is 4.72. The monoisotopic (exact) mass is 389 g/mol. The molecule has 0 spiro atoms. The van der Waals surface area contributed by atoms with Gasteiger partial charge in [-0.05, 0) is 49.6 Å². The van der Waals surface area contributed by atoms with Crippen LogP contribution in [0.3, 0.4) is 0 Å². The fourth-order valence-electron chi connectivity index (χ4n) is 3.78. The van der Waals surface area contributed by atoms with Gasteiger partial charge in [0.15, 0.2) is 0 Å². The van der Waals surface area contributed by atoms with Crippen molar-refractivity contribution < 1.29 is 17.9 Å². The highest BCUT2D eigenvalue weighted by Gasteiger charge is 2.32. The van der Waals surface area contributed by atoms with Crippen molar-refractivity contribution >= 4 is 5.65 Å². The van der Waals surface area contributed by atoms with E-state index in [0.29, 0.717) is 25.9 Å². The lowest BCUT2D eigenvalue weighted by Gasteiger charge is -2.32. The lowest BCUT2D eigenvalue weighted by atomic mass is 10.0. The van der Waals surface area contributed by atoms with Gasteiger partial charge in [0.2, 0.25) is 0 Å². The van der Waals surface area contributed by atoms with Gasteiger partial charge in [-0.2, -0.15) is 13.2 Å². The molecule has 0 unspecified atom stereocenters. The van der Waals surface area contributed by atoms with Gasteiger partial charge in [0.25, 0.3) is 0 Å². The van der Waals surface area contributed by atoms with Gasteiger partial charge in [-0.25, -0.2) is 4.98 Å². The summed E-state index contributed by atoms with van der Waals surface area (Å²) in [7, 11) is 0. The second-order valence-corrected chi connectivity index (χ2v) is 7.22. The van der Waals surface area contributed by atoms with Crippen LogP contribution < -0.4 is 4.74 Å². The number of ether oxygens (including phenoxy) is 1. The molecule has 0 amide bonds. The highest BCUT2D eigenvalue weighted by atomic mass is 19.4. The smallest absolute Gasteiger partial charge is 0.401 e. The predicted molar refractivity (Wildman–Crippen MR) is 102 cm³/mol. The fraction of sp³-hybridized carbons (Fsp3) is 0.381. The Labute approximate surface area is 161 Å². The van der Waals surface area contributed by atoms with Gasteiger partial charge < -0.3 is 9.14 Å². The number of fused-ring (bicyclic) bond motifs is 1. The van der Waals surface area contributed by atoms with Crippen molar-refractivity contribution in [1.82, 2.24) is 14.3 Å². The third-order valence-electron chi connectivity index (χ3n) is 5.23. The number of benzene rings is 1. The SMILES string of the molecule is Cc1c(-c2ccc(OC3CCN(CC(F)(F)F)CC3)cc2)ccc2nccn12. The molecule has 0 N–H and O–H groups in total. The number of aryl methyl sites for hydroxylation is 1. The number of hydrogen-bond donors (Lipinski definition) is 0. The number of rotatable bonds is 4. The molecule has 1 aromatic carbocycles. The van der Waals surface area contributed by atoms with Crippen LogP contribution in [0.5, 0.6) is 5.75 Å². The van der Waals surface area contributed by atoms with E-state index in [1.54, 1.807) is 6.20 Å². The molecule has 7 heteroatoms. The van der Waals surface area contributed by atoms with E-state index in [-0.39, 0.29) is 6.10 Å². The minimum atomic E-state index is -4.14. The van der Waals surface area contributed by atoms with E-state index >= 15 is 0 Å². The first kappa shape index (κ1) is 18.8. The highest BCUT2D eigenvalue weighted by Crippen LogP contribution is 2.28. The number of nitrogens with zero attached hydrogens (tertiary/aromatic N) is 3. The third kappa shape index (κ3) is 4.14. The number of alkyl halides is 3. The second-order valence-electron chi connectivity index (χ2n) is 7.22. The van der Waals surface area contributed by atoms with Crippen molar-refractivity contribution in [3.05, 3.63) is 54.5 Å². The summed E-state index contributed by atoms with van der Waals surface area (Å²) in [6.45, 7) is 2.04. The molecule has 2 aromatic heterocycles. The molecule has 0 aliphatic carbocycles. The maximum Gasteiger partial charge on any atom is 0.401 e. The van der Waals surface area contributed by atoms with Gasteiger partial charge in [0.05, 0.1) is 6.54 Å². The summed E-state index contributed by atoms with van der Waals surface area (Å²) in [5, 5.41) is 0. The van der Waals surface area contributed by atoms with Crippen molar-refractivity contribution in [2.45, 2.75) is 32.0 Å². The molecule has 3 aromatic rings. The van der Waals surface area contributed by atoms with Crippen molar-refractivity contribution in [2.24, 2.45) is 0 Å². The second kappa shape index (κ2) is 7.47. The summed E-state index contributed by atoms with van der Waals surface area (Å²) < 4.78 is 45.5. The number of aromatic nitrogens is 2. The number of imidazole rings is 1. The molecule has 1 saturated heterocycles. The lowest BCUT2D eigenvalue weighted by molar-refractivity contribution is -0.149. The first-order valence-corrected chi connectivity index (χ1v) is 9.38. The van der Waals surface area contributed by atoms with Crippen LogP contribution in [0.25, 0.3) is 16.8 Å². The van der Waals surface area contributed by atoms with E-state index in [9.17, 15) is 13.2 Å². The Morgan fingerprint density at radius 3 is 2.46 bits per heavy atom. The summed E-state index contributed by atoms with van der Waals surface area (Å²) in [4.78, 5) is 5.74. The van der Waals surface area contributed by atoms with Crippen LogP contribution in [0, 0.1) is 6.92 Å². The van der Waals surface area contributed by atoms with E-state index in [0.717, 1.165) is 28.2 Å². The molecule has 3 heterocycles. The molecule has 4 nitrogen and oxygen atoms in total. The van der Waals surface area contributed by atoms with Gasteiger partial charge in [0, 0.05) is 36.7 Å². The summed E-state index contributed by atoms with van der Waals surface area (Å²) in [5.41, 5.74) is 4.23. The maximum atomic E-state index is 12.5. The molecule has 0 radical (unpaired) electrons. The highest BCUT2D eigenvalue weighted by molar-refractivity contribution is 5.68. The molecule has 0 saturated carbocycles. The van der Waals surface area contributed by atoms with Crippen molar-refractivity contribution in [1.29, 1.82) is 0 Å². The van der Waals surface area contributed by atoms with Crippen LogP contribution >= 0.6 is 0 Å². The Balaban J connectivity index is 1.39. The standard InChI is InChI=1S/C21H22F3N3O/c1-15-19(6-7-20-25-10-13-27(15)20)16-2-4-17(5-3-16)28-18-8-11-26(12-9-18)14-21(22,23)24/h2-7,10,13,18H,8-9,11-12,14H2,1H3. The average molecular weight is 389 g/mol. The van der Waals surface area contributed by atoms with E-state index < -0.39 is 12.7 Å². The Bertz CT molecular complexity index is 942. The average Bonchev–Trinajstić information content (AvgIpc) is 3.13. The van der Waals surface area contributed by atoms with Crippen molar-refractivity contribution in [2.75, 3.05) is 19.6 Å². The maximum absolute atomic E-state index is 12.5. The molecule has 1 fully saturated rings. The van der Waals surface area contributed by atoms with Gasteiger partial charge in [-0.3, -0.25) is 4.90 Å². The Morgan fingerprint density at radius 2 is 1.79 bits per heavy atom. The van der Waals surface area contributed by atoms with Crippen LogP contribution in [0.15, 0.2) is 48.8 Å². The van der Waals surface area contributed by atoms with Crippen LogP contribution in [0.1, 0.15) is 18.5 Å². The van der Waals surface area contributed by atoms with E-state index in [1.807, 2.05) is 36.5 Å². The van der Waals surface area contributed by atoms with Gasteiger partial charge in [0.1, 0.15) is 17.5 Å². The fourth-order valence-corrected chi connectivity index (χ4v) is 3.78. The number of halogens is 3.